The molecular weight excluding hydrogens is 308 g/mol. The van der Waals surface area contributed by atoms with E-state index in [1.807, 2.05) is 27.0 Å². The van der Waals surface area contributed by atoms with E-state index in [2.05, 4.69) is 15.3 Å². The van der Waals surface area contributed by atoms with Gasteiger partial charge in [-0.15, -0.1) is 0 Å². The number of carbonyl (C=O) groups is 1. The van der Waals surface area contributed by atoms with Gasteiger partial charge in [0.15, 0.2) is 0 Å². The molecule has 0 saturated carbocycles. The Morgan fingerprint density at radius 2 is 2.12 bits per heavy atom. The summed E-state index contributed by atoms with van der Waals surface area (Å²) < 4.78 is 10.8. The maximum absolute atomic E-state index is 12.3. The number of nitrogens with one attached hydrogen (secondary N) is 1. The van der Waals surface area contributed by atoms with E-state index in [0.29, 0.717) is 25.1 Å². The van der Waals surface area contributed by atoms with Gasteiger partial charge in [-0.25, -0.2) is 14.8 Å². The summed E-state index contributed by atoms with van der Waals surface area (Å²) in [6, 6.07) is 0.349. The number of carbonyl (C=O) groups excluding carboxylic acids is 1. The number of hydrogen-bond acceptors (Lipinski definition) is 6. The van der Waals surface area contributed by atoms with E-state index in [1.165, 1.54) is 0 Å². The molecule has 1 N–H and O–H groups in total. The van der Waals surface area contributed by atoms with Gasteiger partial charge >= 0.3 is 6.09 Å². The monoisotopic (exact) mass is 334 g/mol. The lowest BCUT2D eigenvalue weighted by atomic mass is 10.1. The lowest BCUT2D eigenvalue weighted by Crippen LogP contribution is -2.40. The van der Waals surface area contributed by atoms with Crippen molar-refractivity contribution in [2.24, 2.45) is 0 Å². The number of fused-ring (bicyclic) bond motifs is 1. The molecule has 0 spiro atoms. The molecule has 1 fully saturated rings. The first kappa shape index (κ1) is 17.0. The molecule has 2 aliphatic rings. The minimum atomic E-state index is -0.487. The van der Waals surface area contributed by atoms with Crippen molar-refractivity contribution in [1.29, 1.82) is 0 Å². The molecular formula is C17H26N4O3. The van der Waals surface area contributed by atoms with Crippen LogP contribution in [-0.4, -0.2) is 52.4 Å². The Labute approximate surface area is 142 Å². The Kier molecular flexibility index (Phi) is 4.89. The predicted molar refractivity (Wildman–Crippen MR) is 89.8 cm³/mol. The number of rotatable bonds is 2. The average Bonchev–Trinajstić information content (AvgIpc) is 2.53. The van der Waals surface area contributed by atoms with Crippen molar-refractivity contribution in [3.63, 3.8) is 0 Å². The minimum absolute atomic E-state index is 0.286. The molecule has 24 heavy (non-hydrogen) atoms. The molecule has 7 nitrogen and oxygen atoms in total. The lowest BCUT2D eigenvalue weighted by Gasteiger charge is -2.31. The Morgan fingerprint density at radius 3 is 2.83 bits per heavy atom. The van der Waals surface area contributed by atoms with Gasteiger partial charge in [-0.05, 0) is 45.6 Å². The van der Waals surface area contributed by atoms with Crippen LogP contribution >= 0.6 is 0 Å². The zero-order valence-electron chi connectivity index (χ0n) is 14.7. The first-order valence-electron chi connectivity index (χ1n) is 8.58. The molecule has 3 heterocycles. The molecule has 0 bridgehead atoms. The van der Waals surface area contributed by atoms with Crippen LogP contribution in [0.2, 0.25) is 0 Å². The third-order valence-corrected chi connectivity index (χ3v) is 4.15. The summed E-state index contributed by atoms with van der Waals surface area (Å²) in [6.07, 6.45) is 4.27. The van der Waals surface area contributed by atoms with Crippen LogP contribution in [0.15, 0.2) is 6.20 Å². The Balaban J connectivity index is 1.66. The highest BCUT2D eigenvalue weighted by molar-refractivity contribution is 5.68. The molecule has 3 rings (SSSR count). The summed E-state index contributed by atoms with van der Waals surface area (Å²) in [5.74, 6) is 0.631. The van der Waals surface area contributed by atoms with Crippen LogP contribution in [0, 0.1) is 0 Å². The van der Waals surface area contributed by atoms with Gasteiger partial charge in [0.1, 0.15) is 5.60 Å². The molecule has 1 amide bonds. The Hall–Kier alpha value is -1.89. The van der Waals surface area contributed by atoms with Crippen molar-refractivity contribution in [2.75, 3.05) is 25.1 Å². The normalized spacial score (nSPS) is 18.9. The van der Waals surface area contributed by atoms with Gasteiger partial charge in [0.05, 0.1) is 12.2 Å². The van der Waals surface area contributed by atoms with E-state index in [0.717, 1.165) is 43.7 Å². The topological polar surface area (TPSA) is 76.6 Å². The number of anilines is 1. The van der Waals surface area contributed by atoms with E-state index < -0.39 is 5.60 Å². The number of aromatic nitrogens is 2. The van der Waals surface area contributed by atoms with Crippen LogP contribution in [0.25, 0.3) is 0 Å². The predicted octanol–water partition coefficient (Wildman–Crippen LogP) is 2.36. The minimum Gasteiger partial charge on any atom is -0.444 e. The SMILES string of the molecule is CC(C)(C)OC(=O)N1CCc2cnc(NC3CCOCC3)nc2C1. The van der Waals surface area contributed by atoms with Crippen LogP contribution in [0.4, 0.5) is 10.7 Å². The fraction of sp³-hybridized carbons (Fsp3) is 0.706. The summed E-state index contributed by atoms with van der Waals surface area (Å²) in [7, 11) is 0. The van der Waals surface area contributed by atoms with Gasteiger partial charge in [0.25, 0.3) is 0 Å². The van der Waals surface area contributed by atoms with Crippen molar-refractivity contribution in [3.05, 3.63) is 17.5 Å². The molecule has 132 valence electrons. The molecule has 2 aliphatic heterocycles. The van der Waals surface area contributed by atoms with E-state index in [4.69, 9.17) is 9.47 Å². The smallest absolute Gasteiger partial charge is 0.410 e. The van der Waals surface area contributed by atoms with Crippen LogP contribution in [0.3, 0.4) is 0 Å². The Morgan fingerprint density at radius 1 is 1.38 bits per heavy atom. The first-order valence-corrected chi connectivity index (χ1v) is 8.58. The molecule has 0 atom stereocenters. The number of nitrogens with zero attached hydrogens (tertiary/aromatic N) is 3. The quantitative estimate of drug-likeness (QED) is 0.895. The first-order chi connectivity index (χ1) is 11.4. The van der Waals surface area contributed by atoms with Gasteiger partial charge in [-0.1, -0.05) is 0 Å². The van der Waals surface area contributed by atoms with Crippen LogP contribution < -0.4 is 5.32 Å². The molecule has 0 unspecified atom stereocenters. The van der Waals surface area contributed by atoms with Gasteiger partial charge in [0.2, 0.25) is 5.95 Å². The molecule has 0 aromatic carbocycles. The summed E-state index contributed by atoms with van der Waals surface area (Å²) in [6.45, 7) is 8.28. The summed E-state index contributed by atoms with van der Waals surface area (Å²) in [5.41, 5.74) is 1.52. The van der Waals surface area contributed by atoms with Crippen molar-refractivity contribution >= 4 is 12.0 Å². The molecule has 1 aromatic heterocycles. The second-order valence-corrected chi connectivity index (χ2v) is 7.35. The highest BCUT2D eigenvalue weighted by atomic mass is 16.6. The number of hydrogen-bond donors (Lipinski definition) is 1. The van der Waals surface area contributed by atoms with Crippen molar-refractivity contribution in [1.82, 2.24) is 14.9 Å². The van der Waals surface area contributed by atoms with Gasteiger partial charge in [-0.2, -0.15) is 0 Å². The molecule has 0 aliphatic carbocycles. The largest absolute Gasteiger partial charge is 0.444 e. The van der Waals surface area contributed by atoms with E-state index >= 15 is 0 Å². The maximum atomic E-state index is 12.3. The average molecular weight is 334 g/mol. The van der Waals surface area contributed by atoms with E-state index in [-0.39, 0.29) is 6.09 Å². The fourth-order valence-electron chi connectivity index (χ4n) is 2.88. The van der Waals surface area contributed by atoms with Crippen molar-refractivity contribution in [2.45, 2.75) is 58.2 Å². The summed E-state index contributed by atoms with van der Waals surface area (Å²) >= 11 is 0. The van der Waals surface area contributed by atoms with Crippen LogP contribution in [0.1, 0.15) is 44.9 Å². The zero-order valence-corrected chi connectivity index (χ0v) is 14.7. The Bertz CT molecular complexity index is 594. The molecule has 0 radical (unpaired) electrons. The van der Waals surface area contributed by atoms with Crippen LogP contribution in [-0.2, 0) is 22.4 Å². The van der Waals surface area contributed by atoms with E-state index in [1.54, 1.807) is 4.90 Å². The lowest BCUT2D eigenvalue weighted by molar-refractivity contribution is 0.0220. The molecule has 1 aromatic rings. The third kappa shape index (κ3) is 4.35. The van der Waals surface area contributed by atoms with Crippen molar-refractivity contribution in [3.8, 4) is 0 Å². The highest BCUT2D eigenvalue weighted by Crippen LogP contribution is 2.21. The highest BCUT2D eigenvalue weighted by Gasteiger charge is 2.27. The van der Waals surface area contributed by atoms with Crippen LogP contribution in [0.5, 0.6) is 0 Å². The second kappa shape index (κ2) is 6.93. The standard InChI is InChI=1S/C17H26N4O3/c1-17(2,3)24-16(22)21-7-4-12-10-18-15(20-14(12)11-21)19-13-5-8-23-9-6-13/h10,13H,4-9,11H2,1-3H3,(H,18,19,20). The third-order valence-electron chi connectivity index (χ3n) is 4.15. The van der Waals surface area contributed by atoms with Gasteiger partial charge < -0.3 is 19.7 Å². The molecule has 7 heteroatoms. The summed E-state index contributed by atoms with van der Waals surface area (Å²) in [4.78, 5) is 23.0. The fourth-order valence-corrected chi connectivity index (χ4v) is 2.88. The maximum Gasteiger partial charge on any atom is 0.410 e. The number of ether oxygens (including phenoxy) is 2. The van der Waals surface area contributed by atoms with E-state index in [9.17, 15) is 4.79 Å². The zero-order chi connectivity index (χ0) is 17.2. The van der Waals surface area contributed by atoms with Gasteiger partial charge in [-0.3, -0.25) is 0 Å². The van der Waals surface area contributed by atoms with Crippen molar-refractivity contribution < 1.29 is 14.3 Å². The molecule has 1 saturated heterocycles. The second-order valence-electron chi connectivity index (χ2n) is 7.35. The van der Waals surface area contributed by atoms with Gasteiger partial charge in [0, 0.05) is 32.0 Å². The number of amides is 1. The summed E-state index contributed by atoms with van der Waals surface area (Å²) in [5, 5.41) is 3.38.